The molecule has 0 unspecified atom stereocenters. The van der Waals surface area contributed by atoms with Crippen molar-refractivity contribution in [3.8, 4) is 0 Å². The van der Waals surface area contributed by atoms with Gasteiger partial charge in [-0.2, -0.15) is 0 Å². The molecule has 0 saturated carbocycles. The molecule has 0 fully saturated rings. The van der Waals surface area contributed by atoms with E-state index in [-0.39, 0.29) is 18.1 Å². The van der Waals surface area contributed by atoms with Crippen LogP contribution in [0.1, 0.15) is 12.0 Å². The fraction of sp³-hybridized carbons (Fsp3) is 0.417. The summed E-state index contributed by atoms with van der Waals surface area (Å²) in [5.41, 5.74) is 1.66. The summed E-state index contributed by atoms with van der Waals surface area (Å²) in [7, 11) is -0.436. The van der Waals surface area contributed by atoms with E-state index in [2.05, 4.69) is 21.2 Å². The zero-order valence-electron chi connectivity index (χ0n) is 11.1. The summed E-state index contributed by atoms with van der Waals surface area (Å²) < 4.78 is 25.1. The molecule has 0 spiro atoms. The third-order valence-corrected chi connectivity index (χ3v) is 5.31. The van der Waals surface area contributed by atoms with Gasteiger partial charge in [-0.25, -0.2) is 12.7 Å². The second-order valence-corrected chi connectivity index (χ2v) is 7.52. The number of halogens is 1. The molecular weight excluding hydrogens is 332 g/mol. The summed E-state index contributed by atoms with van der Waals surface area (Å²) >= 11 is 3.37. The molecule has 1 amide bonds. The van der Waals surface area contributed by atoms with Crippen molar-refractivity contribution in [2.24, 2.45) is 0 Å². The Morgan fingerprint density at radius 3 is 2.53 bits per heavy atom. The molecule has 0 radical (unpaired) electrons. The third-order valence-electron chi connectivity index (χ3n) is 2.59. The Bertz CT molecular complexity index is 570. The van der Waals surface area contributed by atoms with Gasteiger partial charge in [0, 0.05) is 30.7 Å². The van der Waals surface area contributed by atoms with E-state index in [1.165, 1.54) is 14.1 Å². The normalized spacial score (nSPS) is 11.6. The summed E-state index contributed by atoms with van der Waals surface area (Å²) in [5, 5.41) is 2.68. The minimum atomic E-state index is -3.34. The lowest BCUT2D eigenvalue weighted by molar-refractivity contribution is -0.115. The molecule has 0 aromatic heterocycles. The Morgan fingerprint density at radius 2 is 2.00 bits per heavy atom. The van der Waals surface area contributed by atoms with Crippen molar-refractivity contribution >= 4 is 37.5 Å². The SMILES string of the molecule is Cc1cc(NC(=O)CCS(=O)(=O)N(C)C)ccc1Br. The second-order valence-electron chi connectivity index (χ2n) is 4.36. The summed E-state index contributed by atoms with van der Waals surface area (Å²) in [6, 6.07) is 5.42. The molecule has 0 saturated heterocycles. The van der Waals surface area contributed by atoms with Crippen molar-refractivity contribution in [3.63, 3.8) is 0 Å². The van der Waals surface area contributed by atoms with Gasteiger partial charge < -0.3 is 5.32 Å². The zero-order valence-corrected chi connectivity index (χ0v) is 13.5. The number of sulfonamides is 1. The molecule has 0 heterocycles. The van der Waals surface area contributed by atoms with Crippen LogP contribution in [0, 0.1) is 6.92 Å². The van der Waals surface area contributed by atoms with Crippen LogP contribution in [0.4, 0.5) is 5.69 Å². The van der Waals surface area contributed by atoms with E-state index in [1.807, 2.05) is 19.1 Å². The Kier molecular flexibility index (Phi) is 5.51. The fourth-order valence-corrected chi connectivity index (χ4v) is 2.41. The highest BCUT2D eigenvalue weighted by Crippen LogP contribution is 2.20. The standard InChI is InChI=1S/C12H17BrN2O3S/c1-9-8-10(4-5-11(9)13)14-12(16)6-7-19(17,18)15(2)3/h4-5,8H,6-7H2,1-3H3,(H,14,16). The Labute approximate surface area is 122 Å². The van der Waals surface area contributed by atoms with E-state index < -0.39 is 10.0 Å². The van der Waals surface area contributed by atoms with E-state index >= 15 is 0 Å². The summed E-state index contributed by atoms with van der Waals surface area (Å²) in [5.74, 6) is -0.506. The minimum absolute atomic E-state index is 0.0599. The van der Waals surface area contributed by atoms with Crippen molar-refractivity contribution in [2.45, 2.75) is 13.3 Å². The Morgan fingerprint density at radius 1 is 1.37 bits per heavy atom. The van der Waals surface area contributed by atoms with E-state index in [0.717, 1.165) is 14.3 Å². The van der Waals surface area contributed by atoms with Crippen LogP contribution in [0.3, 0.4) is 0 Å². The van der Waals surface area contributed by atoms with Gasteiger partial charge in [0.2, 0.25) is 15.9 Å². The molecule has 106 valence electrons. The smallest absolute Gasteiger partial charge is 0.225 e. The van der Waals surface area contributed by atoms with Crippen LogP contribution < -0.4 is 5.32 Å². The van der Waals surface area contributed by atoms with Gasteiger partial charge in [0.05, 0.1) is 5.75 Å². The molecule has 5 nitrogen and oxygen atoms in total. The van der Waals surface area contributed by atoms with Crippen LogP contribution in [0.5, 0.6) is 0 Å². The van der Waals surface area contributed by atoms with Crippen LogP contribution in [-0.2, 0) is 14.8 Å². The van der Waals surface area contributed by atoms with Crippen molar-refractivity contribution in [1.29, 1.82) is 0 Å². The van der Waals surface area contributed by atoms with Gasteiger partial charge >= 0.3 is 0 Å². The highest BCUT2D eigenvalue weighted by Gasteiger charge is 2.15. The van der Waals surface area contributed by atoms with Crippen LogP contribution in [0.15, 0.2) is 22.7 Å². The topological polar surface area (TPSA) is 66.5 Å². The quantitative estimate of drug-likeness (QED) is 0.884. The molecule has 0 aliphatic rings. The number of anilines is 1. The number of carbonyl (C=O) groups excluding carboxylic acids is 1. The molecule has 0 aliphatic carbocycles. The first-order valence-electron chi connectivity index (χ1n) is 5.68. The summed E-state index contributed by atoms with van der Waals surface area (Å²) in [6.45, 7) is 1.91. The molecular formula is C12H17BrN2O3S. The molecule has 0 aliphatic heterocycles. The average Bonchev–Trinajstić information content (AvgIpc) is 2.31. The van der Waals surface area contributed by atoms with Gasteiger partial charge in [-0.15, -0.1) is 0 Å². The number of nitrogens with one attached hydrogen (secondary N) is 1. The van der Waals surface area contributed by atoms with Gasteiger partial charge in [-0.1, -0.05) is 15.9 Å². The third kappa shape index (κ3) is 4.93. The maximum Gasteiger partial charge on any atom is 0.225 e. The molecule has 1 rings (SSSR count). The maximum atomic E-state index is 11.7. The van der Waals surface area contributed by atoms with Crippen LogP contribution in [0.25, 0.3) is 0 Å². The first-order valence-corrected chi connectivity index (χ1v) is 8.09. The van der Waals surface area contributed by atoms with Crippen LogP contribution in [0.2, 0.25) is 0 Å². The molecule has 1 N–H and O–H groups in total. The number of nitrogens with zero attached hydrogens (tertiary/aromatic N) is 1. The van der Waals surface area contributed by atoms with Gasteiger partial charge in [0.15, 0.2) is 0 Å². The maximum absolute atomic E-state index is 11.7. The van der Waals surface area contributed by atoms with E-state index in [4.69, 9.17) is 0 Å². The van der Waals surface area contributed by atoms with Gasteiger partial charge in [-0.05, 0) is 30.7 Å². The Hall–Kier alpha value is -0.920. The number of benzene rings is 1. The molecule has 1 aromatic rings. The predicted molar refractivity (Wildman–Crippen MR) is 79.6 cm³/mol. The first-order chi connectivity index (χ1) is 8.72. The van der Waals surface area contributed by atoms with Gasteiger partial charge in [0.25, 0.3) is 0 Å². The number of amides is 1. The molecule has 7 heteroatoms. The molecule has 0 atom stereocenters. The lowest BCUT2D eigenvalue weighted by atomic mass is 10.2. The van der Waals surface area contributed by atoms with Gasteiger partial charge in [-0.3, -0.25) is 4.79 Å². The van der Waals surface area contributed by atoms with E-state index in [9.17, 15) is 13.2 Å². The number of aryl methyl sites for hydroxylation is 1. The average molecular weight is 349 g/mol. The summed E-state index contributed by atoms with van der Waals surface area (Å²) in [4.78, 5) is 11.7. The monoisotopic (exact) mass is 348 g/mol. The minimum Gasteiger partial charge on any atom is -0.326 e. The number of rotatable bonds is 5. The largest absolute Gasteiger partial charge is 0.326 e. The lowest BCUT2D eigenvalue weighted by Crippen LogP contribution is -2.27. The van der Waals surface area contributed by atoms with Gasteiger partial charge in [0.1, 0.15) is 0 Å². The van der Waals surface area contributed by atoms with E-state index in [0.29, 0.717) is 5.69 Å². The highest BCUT2D eigenvalue weighted by molar-refractivity contribution is 9.10. The summed E-state index contributed by atoms with van der Waals surface area (Å²) in [6.07, 6.45) is -0.0599. The van der Waals surface area contributed by atoms with Crippen LogP contribution >= 0.6 is 15.9 Å². The fourth-order valence-electron chi connectivity index (χ4n) is 1.35. The van der Waals surface area contributed by atoms with Crippen molar-refractivity contribution in [3.05, 3.63) is 28.2 Å². The zero-order chi connectivity index (χ0) is 14.6. The van der Waals surface area contributed by atoms with E-state index in [1.54, 1.807) is 6.07 Å². The van der Waals surface area contributed by atoms with Crippen molar-refractivity contribution < 1.29 is 13.2 Å². The lowest BCUT2D eigenvalue weighted by Gasteiger charge is -2.11. The number of hydrogen-bond acceptors (Lipinski definition) is 3. The first kappa shape index (κ1) is 16.1. The Balaban J connectivity index is 2.59. The molecule has 1 aromatic carbocycles. The van der Waals surface area contributed by atoms with Crippen molar-refractivity contribution in [1.82, 2.24) is 4.31 Å². The number of hydrogen-bond donors (Lipinski definition) is 1. The molecule has 19 heavy (non-hydrogen) atoms. The number of carbonyl (C=O) groups is 1. The molecule has 0 bridgehead atoms. The van der Waals surface area contributed by atoms with Crippen molar-refractivity contribution in [2.75, 3.05) is 25.2 Å². The van der Waals surface area contributed by atoms with Crippen LogP contribution in [-0.4, -0.2) is 38.5 Å². The predicted octanol–water partition coefficient (Wildman–Crippen LogP) is 1.98. The second kappa shape index (κ2) is 6.49. The highest BCUT2D eigenvalue weighted by atomic mass is 79.9.